The third-order valence-corrected chi connectivity index (χ3v) is 5.04. The summed E-state index contributed by atoms with van der Waals surface area (Å²) in [5, 5.41) is 0. The van der Waals surface area contributed by atoms with E-state index in [1.165, 1.54) is 11.1 Å². The first-order valence-electron chi connectivity index (χ1n) is 7.39. The molecule has 0 saturated heterocycles. The summed E-state index contributed by atoms with van der Waals surface area (Å²) in [6.07, 6.45) is 3.77. The molecule has 0 radical (unpaired) electrons. The topological polar surface area (TPSA) is 54.9 Å². The molecule has 1 amide bonds. The van der Waals surface area contributed by atoms with Crippen LogP contribution in [0.1, 0.15) is 6.42 Å². The fraction of sp³-hybridized carbons (Fsp3) is 0.467. The molecule has 0 unspecified atom stereocenters. The summed E-state index contributed by atoms with van der Waals surface area (Å²) < 4.78 is 13.3. The molecule has 1 aromatic rings. The second-order valence-electron chi connectivity index (χ2n) is 5.59. The summed E-state index contributed by atoms with van der Waals surface area (Å²) in [7, 11) is 0. The van der Waals surface area contributed by atoms with Crippen LogP contribution >= 0.6 is 11.9 Å². The normalized spacial score (nSPS) is 21.0. The molecule has 0 aromatic carbocycles. The number of carbonyl (C=O) groups is 1. The van der Waals surface area contributed by atoms with Crippen LogP contribution in [0.2, 0.25) is 0 Å². The van der Waals surface area contributed by atoms with Gasteiger partial charge in [-0.25, -0.2) is 9.29 Å². The average Bonchev–Trinajstić information content (AvgIpc) is 2.95. The van der Waals surface area contributed by atoms with Gasteiger partial charge in [-0.05, 0) is 23.9 Å². The van der Waals surface area contributed by atoms with Gasteiger partial charge in [-0.15, -0.1) is 0 Å². The van der Waals surface area contributed by atoms with Gasteiger partial charge in [0.25, 0.3) is 5.88 Å². The van der Waals surface area contributed by atoms with Crippen LogP contribution in [0.25, 0.3) is 0 Å². The zero-order valence-electron chi connectivity index (χ0n) is 12.2. The maximum absolute atomic E-state index is 10.9. The Labute approximate surface area is 133 Å². The highest BCUT2D eigenvalue weighted by atomic mass is 32.2. The molecule has 3 aliphatic heterocycles. The molecule has 4 heterocycles. The van der Waals surface area contributed by atoms with Gasteiger partial charge in [0.2, 0.25) is 6.41 Å². The van der Waals surface area contributed by atoms with Crippen LogP contribution in [-0.2, 0) is 4.79 Å². The van der Waals surface area contributed by atoms with Crippen LogP contribution in [0.15, 0.2) is 28.3 Å². The van der Waals surface area contributed by atoms with Gasteiger partial charge in [0, 0.05) is 43.3 Å². The lowest BCUT2D eigenvalue weighted by atomic mass is 10.0. The standard InChI is InChI=1S/C15H17N3O3S/c19-10-17-2-1-11-8-18(9-12(11)7-17)22-13-5-14-15(16-6-13)21-4-3-20-14/h5-6,10H,1-4,7-9H2. The number of hydrogen-bond donors (Lipinski definition) is 0. The first-order chi connectivity index (χ1) is 10.8. The molecule has 4 rings (SSSR count). The van der Waals surface area contributed by atoms with Gasteiger partial charge >= 0.3 is 0 Å². The van der Waals surface area contributed by atoms with Crippen LogP contribution in [0.5, 0.6) is 11.6 Å². The number of aromatic nitrogens is 1. The Morgan fingerprint density at radius 3 is 2.95 bits per heavy atom. The molecule has 0 aliphatic carbocycles. The van der Waals surface area contributed by atoms with Gasteiger partial charge in [-0.2, -0.15) is 0 Å². The zero-order valence-corrected chi connectivity index (χ0v) is 13.0. The first-order valence-corrected chi connectivity index (χ1v) is 8.17. The highest BCUT2D eigenvalue weighted by molar-refractivity contribution is 7.97. The van der Waals surface area contributed by atoms with Gasteiger partial charge in [0.1, 0.15) is 13.2 Å². The number of pyridine rings is 1. The van der Waals surface area contributed by atoms with Crippen molar-refractivity contribution in [3.63, 3.8) is 0 Å². The lowest BCUT2D eigenvalue weighted by molar-refractivity contribution is -0.117. The van der Waals surface area contributed by atoms with E-state index in [1.807, 2.05) is 17.2 Å². The molecule has 0 N–H and O–H groups in total. The largest absolute Gasteiger partial charge is 0.484 e. The first kappa shape index (κ1) is 13.9. The van der Waals surface area contributed by atoms with E-state index in [4.69, 9.17) is 9.47 Å². The van der Waals surface area contributed by atoms with E-state index in [-0.39, 0.29) is 0 Å². The van der Waals surface area contributed by atoms with Gasteiger partial charge in [0.15, 0.2) is 5.75 Å². The van der Waals surface area contributed by atoms with Gasteiger partial charge < -0.3 is 14.4 Å². The predicted molar refractivity (Wildman–Crippen MR) is 81.9 cm³/mol. The molecule has 116 valence electrons. The molecule has 6 nitrogen and oxygen atoms in total. The monoisotopic (exact) mass is 319 g/mol. The van der Waals surface area contributed by atoms with Crippen molar-refractivity contribution in [3.8, 4) is 11.6 Å². The van der Waals surface area contributed by atoms with Crippen molar-refractivity contribution in [1.29, 1.82) is 0 Å². The van der Waals surface area contributed by atoms with E-state index in [1.54, 1.807) is 11.9 Å². The minimum Gasteiger partial charge on any atom is -0.484 e. The van der Waals surface area contributed by atoms with Crippen LogP contribution in [-0.4, -0.2) is 60.0 Å². The van der Waals surface area contributed by atoms with Crippen molar-refractivity contribution < 1.29 is 14.3 Å². The number of amides is 1. The summed E-state index contributed by atoms with van der Waals surface area (Å²) >= 11 is 1.69. The molecule has 3 aliphatic rings. The number of rotatable bonds is 3. The summed E-state index contributed by atoms with van der Waals surface area (Å²) in [4.78, 5) is 18.1. The van der Waals surface area contributed by atoms with E-state index in [0.29, 0.717) is 19.1 Å². The van der Waals surface area contributed by atoms with Gasteiger partial charge in [-0.3, -0.25) is 4.79 Å². The van der Waals surface area contributed by atoms with Crippen molar-refractivity contribution >= 4 is 18.4 Å². The minimum absolute atomic E-state index is 0.558. The van der Waals surface area contributed by atoms with E-state index >= 15 is 0 Å². The van der Waals surface area contributed by atoms with Gasteiger partial charge in [-0.1, -0.05) is 5.57 Å². The molecule has 22 heavy (non-hydrogen) atoms. The maximum atomic E-state index is 10.9. The molecular weight excluding hydrogens is 302 g/mol. The average molecular weight is 319 g/mol. The number of hydrogen-bond acceptors (Lipinski definition) is 6. The van der Waals surface area contributed by atoms with Crippen molar-refractivity contribution in [2.75, 3.05) is 39.4 Å². The molecule has 0 fully saturated rings. The summed E-state index contributed by atoms with van der Waals surface area (Å²) in [6, 6.07) is 1.99. The zero-order chi connectivity index (χ0) is 14.9. The van der Waals surface area contributed by atoms with Crippen LogP contribution in [0, 0.1) is 0 Å². The van der Waals surface area contributed by atoms with Gasteiger partial charge in [0.05, 0.1) is 0 Å². The molecule has 1 aromatic heterocycles. The van der Waals surface area contributed by atoms with E-state index < -0.39 is 0 Å². The minimum atomic E-state index is 0.558. The second kappa shape index (κ2) is 5.81. The molecule has 0 atom stereocenters. The Kier molecular flexibility index (Phi) is 3.67. The quantitative estimate of drug-likeness (QED) is 0.476. The predicted octanol–water partition coefficient (Wildman–Crippen LogP) is 1.33. The van der Waals surface area contributed by atoms with E-state index in [0.717, 1.165) is 49.7 Å². The summed E-state index contributed by atoms with van der Waals surface area (Å²) in [5.41, 5.74) is 2.87. The number of carbonyl (C=O) groups excluding carboxylic acids is 1. The lowest BCUT2D eigenvalue weighted by Crippen LogP contribution is -2.30. The fourth-order valence-electron chi connectivity index (χ4n) is 3.00. The Morgan fingerprint density at radius 2 is 2.05 bits per heavy atom. The number of fused-ring (bicyclic) bond motifs is 1. The van der Waals surface area contributed by atoms with E-state index in [9.17, 15) is 4.79 Å². The molecular formula is C15H17N3O3S. The number of nitrogens with zero attached hydrogens (tertiary/aromatic N) is 3. The number of ether oxygens (including phenoxy) is 2. The molecule has 0 saturated carbocycles. The van der Waals surface area contributed by atoms with Crippen molar-refractivity contribution in [2.24, 2.45) is 0 Å². The Morgan fingerprint density at radius 1 is 1.18 bits per heavy atom. The van der Waals surface area contributed by atoms with Crippen LogP contribution in [0.4, 0.5) is 0 Å². The fourth-order valence-corrected chi connectivity index (χ4v) is 3.99. The third-order valence-electron chi connectivity index (χ3n) is 4.09. The van der Waals surface area contributed by atoms with Crippen molar-refractivity contribution in [2.45, 2.75) is 11.3 Å². The Hall–Kier alpha value is -1.73. The van der Waals surface area contributed by atoms with Crippen LogP contribution in [0.3, 0.4) is 0 Å². The Balaban J connectivity index is 1.42. The van der Waals surface area contributed by atoms with Crippen molar-refractivity contribution in [3.05, 3.63) is 23.4 Å². The lowest BCUT2D eigenvalue weighted by Gasteiger charge is -2.23. The highest BCUT2D eigenvalue weighted by Gasteiger charge is 2.27. The second-order valence-corrected chi connectivity index (χ2v) is 6.76. The molecule has 7 heteroatoms. The molecule has 0 bridgehead atoms. The summed E-state index contributed by atoms with van der Waals surface area (Å²) in [6.45, 7) is 4.61. The summed E-state index contributed by atoms with van der Waals surface area (Å²) in [5.74, 6) is 1.30. The SMILES string of the molecule is O=CN1CCC2=C(C1)CN(Sc1cnc3c(c1)OCCO3)C2. The maximum Gasteiger partial charge on any atom is 0.257 e. The Bertz CT molecular complexity index is 634. The smallest absolute Gasteiger partial charge is 0.257 e. The third kappa shape index (κ3) is 2.66. The van der Waals surface area contributed by atoms with Crippen molar-refractivity contribution in [1.82, 2.24) is 14.2 Å². The van der Waals surface area contributed by atoms with E-state index in [2.05, 4.69) is 9.29 Å². The van der Waals surface area contributed by atoms with Crippen LogP contribution < -0.4 is 9.47 Å². The molecule has 0 spiro atoms. The highest BCUT2D eigenvalue weighted by Crippen LogP contribution is 2.36.